The van der Waals surface area contributed by atoms with Crippen LogP contribution in [0.2, 0.25) is 5.02 Å². The smallest absolute Gasteiger partial charge is 0.241 e. The largest absolute Gasteiger partial charge is 0.497 e. The molecular weight excluding hydrogens is 378 g/mol. The van der Waals surface area contributed by atoms with Gasteiger partial charge < -0.3 is 4.74 Å². The highest BCUT2D eigenvalue weighted by atomic mass is 35.5. The van der Waals surface area contributed by atoms with Gasteiger partial charge in [-0.05, 0) is 54.8 Å². The minimum absolute atomic E-state index is 0.330. The molecule has 0 unspecified atom stereocenters. The number of hydrogen-bond acceptors (Lipinski definition) is 4. The van der Waals surface area contributed by atoms with E-state index in [9.17, 15) is 8.42 Å². The summed E-state index contributed by atoms with van der Waals surface area (Å²) in [5.41, 5.74) is 2.52. The molecule has 0 saturated heterocycles. The van der Waals surface area contributed by atoms with Gasteiger partial charge in [0.2, 0.25) is 10.0 Å². The number of thioether (sulfide) groups is 1. The predicted octanol–water partition coefficient (Wildman–Crippen LogP) is 4.18. The lowest BCUT2D eigenvalue weighted by molar-refractivity contribution is 0.413. The number of sulfonamides is 1. The third-order valence-corrected chi connectivity index (χ3v) is 6.71. The van der Waals surface area contributed by atoms with Gasteiger partial charge in [0.25, 0.3) is 0 Å². The Bertz CT molecular complexity index is 798. The SMILES string of the molecule is COc1cc(C)c(S(=O)(=O)NCCSCc2ccc(Cl)cc2)c(C)c1. The number of ether oxygens (including phenoxy) is 1. The Morgan fingerprint density at radius 3 is 2.28 bits per heavy atom. The minimum Gasteiger partial charge on any atom is -0.497 e. The number of rotatable bonds is 8. The average molecular weight is 400 g/mol. The van der Waals surface area contributed by atoms with E-state index >= 15 is 0 Å². The van der Waals surface area contributed by atoms with Gasteiger partial charge >= 0.3 is 0 Å². The van der Waals surface area contributed by atoms with E-state index in [0.717, 1.165) is 5.75 Å². The van der Waals surface area contributed by atoms with E-state index in [4.69, 9.17) is 16.3 Å². The predicted molar refractivity (Wildman–Crippen MR) is 105 cm³/mol. The number of halogens is 1. The maximum Gasteiger partial charge on any atom is 0.241 e. The van der Waals surface area contributed by atoms with Crippen LogP contribution in [-0.4, -0.2) is 27.8 Å². The van der Waals surface area contributed by atoms with Gasteiger partial charge in [-0.3, -0.25) is 0 Å². The molecule has 7 heteroatoms. The van der Waals surface area contributed by atoms with E-state index in [1.165, 1.54) is 5.56 Å². The third-order valence-electron chi connectivity index (χ3n) is 3.66. The van der Waals surface area contributed by atoms with E-state index in [2.05, 4.69) is 4.72 Å². The quantitative estimate of drug-likeness (QED) is 0.676. The second-order valence-corrected chi connectivity index (χ2v) is 8.91. The Kier molecular flexibility index (Phi) is 7.19. The fourth-order valence-electron chi connectivity index (χ4n) is 2.54. The number of aryl methyl sites for hydroxylation is 2. The molecule has 0 saturated carbocycles. The fourth-order valence-corrected chi connectivity index (χ4v) is 5.10. The average Bonchev–Trinajstić information content (AvgIpc) is 2.55. The van der Waals surface area contributed by atoms with Gasteiger partial charge in [0, 0.05) is 23.1 Å². The Balaban J connectivity index is 1.90. The molecule has 2 aromatic rings. The van der Waals surface area contributed by atoms with Crippen molar-refractivity contribution in [1.29, 1.82) is 0 Å². The molecule has 0 bridgehead atoms. The first-order chi connectivity index (χ1) is 11.8. The molecule has 25 heavy (non-hydrogen) atoms. The Morgan fingerprint density at radius 2 is 1.72 bits per heavy atom. The number of benzene rings is 2. The molecule has 0 amide bonds. The Hall–Kier alpha value is -1.21. The van der Waals surface area contributed by atoms with Crippen LogP contribution in [0, 0.1) is 13.8 Å². The second-order valence-electron chi connectivity index (χ2n) is 5.67. The maximum atomic E-state index is 12.6. The summed E-state index contributed by atoms with van der Waals surface area (Å²) in [6.07, 6.45) is 0. The molecule has 0 aliphatic heterocycles. The molecule has 0 spiro atoms. The van der Waals surface area contributed by atoms with Crippen LogP contribution < -0.4 is 9.46 Å². The number of nitrogens with one attached hydrogen (secondary N) is 1. The van der Waals surface area contributed by atoms with Gasteiger partial charge in [-0.15, -0.1) is 0 Å². The first-order valence-corrected chi connectivity index (χ1v) is 10.8. The van der Waals surface area contributed by atoms with Gasteiger partial charge in [0.1, 0.15) is 5.75 Å². The summed E-state index contributed by atoms with van der Waals surface area (Å²) in [5, 5.41) is 0.715. The monoisotopic (exact) mass is 399 g/mol. The van der Waals surface area contributed by atoms with Crippen LogP contribution in [0.15, 0.2) is 41.3 Å². The highest BCUT2D eigenvalue weighted by Crippen LogP contribution is 2.25. The van der Waals surface area contributed by atoms with Crippen molar-refractivity contribution in [2.24, 2.45) is 0 Å². The van der Waals surface area contributed by atoms with Crippen LogP contribution >= 0.6 is 23.4 Å². The molecule has 2 rings (SSSR count). The molecular formula is C18H22ClNO3S2. The number of methoxy groups -OCH3 is 1. The highest BCUT2D eigenvalue weighted by Gasteiger charge is 2.19. The maximum absolute atomic E-state index is 12.6. The van der Waals surface area contributed by atoms with Gasteiger partial charge in [0.15, 0.2) is 0 Å². The van der Waals surface area contributed by atoms with Crippen LogP contribution in [0.25, 0.3) is 0 Å². The van der Waals surface area contributed by atoms with E-state index in [-0.39, 0.29) is 0 Å². The summed E-state index contributed by atoms with van der Waals surface area (Å²) < 4.78 is 33.0. The zero-order chi connectivity index (χ0) is 18.4. The molecule has 0 atom stereocenters. The van der Waals surface area contributed by atoms with Gasteiger partial charge in [0.05, 0.1) is 12.0 Å². The zero-order valence-electron chi connectivity index (χ0n) is 14.5. The lowest BCUT2D eigenvalue weighted by Crippen LogP contribution is -2.27. The second kappa shape index (κ2) is 8.94. The molecule has 0 aliphatic carbocycles. The van der Waals surface area contributed by atoms with E-state index in [1.807, 2.05) is 24.3 Å². The molecule has 2 aromatic carbocycles. The van der Waals surface area contributed by atoms with Crippen molar-refractivity contribution in [1.82, 2.24) is 4.72 Å². The van der Waals surface area contributed by atoms with Crippen molar-refractivity contribution < 1.29 is 13.2 Å². The third kappa shape index (κ3) is 5.64. The van der Waals surface area contributed by atoms with E-state index in [1.54, 1.807) is 44.9 Å². The van der Waals surface area contributed by atoms with Crippen LogP contribution in [0.1, 0.15) is 16.7 Å². The first kappa shape index (κ1) is 20.1. The normalized spacial score (nSPS) is 11.5. The fraction of sp³-hybridized carbons (Fsp3) is 0.333. The van der Waals surface area contributed by atoms with Crippen molar-refractivity contribution in [2.75, 3.05) is 19.4 Å². The molecule has 0 heterocycles. The van der Waals surface area contributed by atoms with Crippen LogP contribution in [0.5, 0.6) is 5.75 Å². The van der Waals surface area contributed by atoms with Gasteiger partial charge in [-0.2, -0.15) is 11.8 Å². The first-order valence-electron chi connectivity index (χ1n) is 7.80. The van der Waals surface area contributed by atoms with Crippen molar-refractivity contribution in [3.05, 3.63) is 58.1 Å². The van der Waals surface area contributed by atoms with Gasteiger partial charge in [-0.1, -0.05) is 23.7 Å². The molecule has 0 radical (unpaired) electrons. The standard InChI is InChI=1S/C18H22ClNO3S2/c1-13-10-17(23-3)11-14(2)18(13)25(21,22)20-8-9-24-12-15-4-6-16(19)7-5-15/h4-7,10-11,20H,8-9,12H2,1-3H3. The van der Waals surface area contributed by atoms with Crippen LogP contribution in [0.3, 0.4) is 0 Å². The summed E-state index contributed by atoms with van der Waals surface area (Å²) in [6, 6.07) is 11.1. The van der Waals surface area contributed by atoms with E-state index in [0.29, 0.717) is 39.1 Å². The summed E-state index contributed by atoms with van der Waals surface area (Å²) in [7, 11) is -1.97. The molecule has 0 aromatic heterocycles. The summed E-state index contributed by atoms with van der Waals surface area (Å²) in [6.45, 7) is 3.93. The lowest BCUT2D eigenvalue weighted by Gasteiger charge is -2.13. The minimum atomic E-state index is -3.53. The van der Waals surface area contributed by atoms with Crippen LogP contribution in [0.4, 0.5) is 0 Å². The van der Waals surface area contributed by atoms with Crippen LogP contribution in [-0.2, 0) is 15.8 Å². The molecule has 136 valence electrons. The molecule has 1 N–H and O–H groups in total. The Labute approximate surface area is 159 Å². The van der Waals surface area contributed by atoms with Crippen molar-refractivity contribution in [3.63, 3.8) is 0 Å². The molecule has 0 aliphatic rings. The Morgan fingerprint density at radius 1 is 1.12 bits per heavy atom. The van der Waals surface area contributed by atoms with Crippen molar-refractivity contribution in [3.8, 4) is 5.75 Å². The summed E-state index contributed by atoms with van der Waals surface area (Å²) in [4.78, 5) is 0.330. The van der Waals surface area contributed by atoms with Gasteiger partial charge in [-0.25, -0.2) is 13.1 Å². The molecule has 0 fully saturated rings. The highest BCUT2D eigenvalue weighted by molar-refractivity contribution is 7.98. The number of hydrogen-bond donors (Lipinski definition) is 1. The molecule has 4 nitrogen and oxygen atoms in total. The zero-order valence-corrected chi connectivity index (χ0v) is 16.9. The topological polar surface area (TPSA) is 55.4 Å². The lowest BCUT2D eigenvalue weighted by atomic mass is 10.1. The van der Waals surface area contributed by atoms with Crippen molar-refractivity contribution >= 4 is 33.4 Å². The summed E-state index contributed by atoms with van der Waals surface area (Å²) >= 11 is 7.53. The summed E-state index contributed by atoms with van der Waals surface area (Å²) in [5.74, 6) is 2.17. The van der Waals surface area contributed by atoms with Crippen molar-refractivity contribution in [2.45, 2.75) is 24.5 Å². The van der Waals surface area contributed by atoms with E-state index < -0.39 is 10.0 Å².